The maximum absolute atomic E-state index is 10.1. The molecule has 0 amide bonds. The Labute approximate surface area is 178 Å². The Kier molecular flexibility index (Phi) is 23.4. The van der Waals surface area contributed by atoms with Gasteiger partial charge in [-0.25, -0.2) is 0 Å². The fourth-order valence-corrected chi connectivity index (χ4v) is 1.83. The van der Waals surface area contributed by atoms with Gasteiger partial charge in [0.05, 0.1) is 0 Å². The van der Waals surface area contributed by atoms with E-state index in [-0.39, 0.29) is 16.8 Å². The number of carboxylic acid groups (broad SMARTS) is 3. The standard InChI is InChI=1S/3C6H13NO2.Co/c3*1-4(2)3-5(7)6(8)9;/h3*4-5H,3,7H2,1-2H3,(H,8,9);. The maximum atomic E-state index is 10.1. The first-order chi connectivity index (χ1) is 12.1. The van der Waals surface area contributed by atoms with Gasteiger partial charge in [-0.2, -0.15) is 0 Å². The van der Waals surface area contributed by atoms with Crippen LogP contribution in [0.3, 0.4) is 0 Å². The Hall–Kier alpha value is -1.20. The van der Waals surface area contributed by atoms with Crippen molar-refractivity contribution in [3.8, 4) is 0 Å². The zero-order valence-corrected chi connectivity index (χ0v) is 18.8. The van der Waals surface area contributed by atoms with E-state index >= 15 is 0 Å². The van der Waals surface area contributed by atoms with Gasteiger partial charge in [0.2, 0.25) is 0 Å². The van der Waals surface area contributed by atoms with Crippen LogP contribution in [0.5, 0.6) is 0 Å². The second kappa shape index (κ2) is 19.1. The summed E-state index contributed by atoms with van der Waals surface area (Å²) in [5, 5.41) is 24.9. The smallest absolute Gasteiger partial charge is 0.320 e. The van der Waals surface area contributed by atoms with Crippen molar-refractivity contribution in [1.29, 1.82) is 0 Å². The number of nitrogens with two attached hydrogens (primary N) is 3. The third kappa shape index (κ3) is 27.0. The van der Waals surface area contributed by atoms with Crippen LogP contribution in [0.25, 0.3) is 0 Å². The Morgan fingerprint density at radius 2 is 0.714 bits per heavy atom. The fraction of sp³-hybridized carbons (Fsp3) is 0.833. The molecule has 28 heavy (non-hydrogen) atoms. The van der Waals surface area contributed by atoms with Crippen LogP contribution >= 0.6 is 0 Å². The molecule has 0 rings (SSSR count). The molecule has 0 saturated heterocycles. The summed E-state index contributed by atoms with van der Waals surface area (Å²) in [6.07, 6.45) is 1.65. The molecule has 3 unspecified atom stereocenters. The van der Waals surface area contributed by atoms with Gasteiger partial charge in [-0.1, -0.05) is 41.5 Å². The van der Waals surface area contributed by atoms with Crippen LogP contribution in [0, 0.1) is 17.8 Å². The van der Waals surface area contributed by atoms with Crippen molar-refractivity contribution in [3.63, 3.8) is 0 Å². The summed E-state index contributed by atoms with van der Waals surface area (Å²) in [6, 6.07) is -2.07. The molecule has 171 valence electrons. The van der Waals surface area contributed by atoms with Crippen LogP contribution in [0.1, 0.15) is 60.8 Å². The third-order valence-electron chi connectivity index (χ3n) is 3.13. The van der Waals surface area contributed by atoms with E-state index in [2.05, 4.69) is 0 Å². The number of carboxylic acids is 3. The van der Waals surface area contributed by atoms with Crippen LogP contribution in [0.15, 0.2) is 0 Å². The molecule has 0 aliphatic heterocycles. The van der Waals surface area contributed by atoms with Crippen molar-refractivity contribution in [2.75, 3.05) is 0 Å². The summed E-state index contributed by atoms with van der Waals surface area (Å²) in [4.78, 5) is 30.3. The molecule has 9 N–H and O–H groups in total. The maximum Gasteiger partial charge on any atom is 0.320 e. The minimum atomic E-state index is -0.913. The van der Waals surface area contributed by atoms with Crippen LogP contribution in [0.2, 0.25) is 0 Å². The monoisotopic (exact) mass is 452 g/mol. The second-order valence-corrected chi connectivity index (χ2v) is 7.72. The molecule has 9 nitrogen and oxygen atoms in total. The van der Waals surface area contributed by atoms with Crippen molar-refractivity contribution in [1.82, 2.24) is 0 Å². The minimum absolute atomic E-state index is 0. The van der Waals surface area contributed by atoms with E-state index in [4.69, 9.17) is 32.5 Å². The van der Waals surface area contributed by atoms with E-state index in [1.165, 1.54) is 0 Å². The molecule has 0 bridgehead atoms. The number of hydrogen-bond acceptors (Lipinski definition) is 6. The topological polar surface area (TPSA) is 190 Å². The zero-order valence-electron chi connectivity index (χ0n) is 17.7. The van der Waals surface area contributed by atoms with Crippen LogP contribution in [-0.4, -0.2) is 51.4 Å². The predicted molar refractivity (Wildman–Crippen MR) is 105 cm³/mol. The molecule has 10 heteroatoms. The molecule has 0 aromatic carbocycles. The number of hydrogen-bond donors (Lipinski definition) is 6. The van der Waals surface area contributed by atoms with Crippen molar-refractivity contribution in [3.05, 3.63) is 0 Å². The van der Waals surface area contributed by atoms with E-state index in [9.17, 15) is 14.4 Å². The van der Waals surface area contributed by atoms with Crippen LogP contribution < -0.4 is 17.2 Å². The van der Waals surface area contributed by atoms with Crippen LogP contribution in [0.4, 0.5) is 0 Å². The second-order valence-electron chi connectivity index (χ2n) is 7.72. The van der Waals surface area contributed by atoms with Gasteiger partial charge in [0, 0.05) is 16.8 Å². The van der Waals surface area contributed by atoms with E-state index in [0.717, 1.165) is 0 Å². The largest absolute Gasteiger partial charge is 0.480 e. The normalized spacial score (nSPS) is 13.3. The molecule has 0 heterocycles. The van der Waals surface area contributed by atoms with Gasteiger partial charge in [0.1, 0.15) is 18.1 Å². The minimum Gasteiger partial charge on any atom is -0.480 e. The Balaban J connectivity index is -0.000000152. The quantitative estimate of drug-likeness (QED) is 0.300. The number of aliphatic carboxylic acids is 3. The van der Waals surface area contributed by atoms with Crippen molar-refractivity contribution >= 4 is 17.9 Å². The average Bonchev–Trinajstić information content (AvgIpc) is 2.46. The molecule has 1 radical (unpaired) electrons. The van der Waals surface area contributed by atoms with Gasteiger partial charge < -0.3 is 32.5 Å². The number of carbonyl (C=O) groups is 3. The molecule has 0 fully saturated rings. The molecule has 0 spiro atoms. The fourth-order valence-electron chi connectivity index (χ4n) is 1.83. The van der Waals surface area contributed by atoms with Crippen LogP contribution in [-0.2, 0) is 31.2 Å². The van der Waals surface area contributed by atoms with E-state index in [1.54, 1.807) is 0 Å². The van der Waals surface area contributed by atoms with Crippen molar-refractivity contribution in [2.24, 2.45) is 35.0 Å². The first-order valence-corrected chi connectivity index (χ1v) is 9.06. The summed E-state index contributed by atoms with van der Waals surface area (Å²) in [5.41, 5.74) is 15.7. The molecule has 3 atom stereocenters. The summed E-state index contributed by atoms with van der Waals surface area (Å²) in [7, 11) is 0. The number of rotatable bonds is 9. The average molecular weight is 452 g/mol. The summed E-state index contributed by atoms with van der Waals surface area (Å²) in [6.45, 7) is 11.7. The molecular formula is C18H39CoN3O6. The first kappa shape index (κ1) is 34.3. The van der Waals surface area contributed by atoms with Crippen molar-refractivity contribution in [2.45, 2.75) is 78.9 Å². The summed E-state index contributed by atoms with van der Waals surface area (Å²) < 4.78 is 0. The van der Waals surface area contributed by atoms with E-state index < -0.39 is 36.0 Å². The van der Waals surface area contributed by atoms with E-state index in [1.807, 2.05) is 41.5 Å². The molecule has 0 aliphatic carbocycles. The third-order valence-corrected chi connectivity index (χ3v) is 3.13. The van der Waals surface area contributed by atoms with E-state index in [0.29, 0.717) is 37.0 Å². The predicted octanol–water partition coefficient (Wildman–Crippen LogP) is 1.33. The molecule has 0 saturated carbocycles. The van der Waals surface area contributed by atoms with Gasteiger partial charge in [-0.3, -0.25) is 14.4 Å². The summed E-state index contributed by atoms with van der Waals surface area (Å²) >= 11 is 0. The van der Waals surface area contributed by atoms with Gasteiger partial charge in [0.25, 0.3) is 0 Å². The molecular weight excluding hydrogens is 413 g/mol. The molecule has 0 aromatic heterocycles. The van der Waals surface area contributed by atoms with Crippen molar-refractivity contribution < 1.29 is 46.5 Å². The van der Waals surface area contributed by atoms with Gasteiger partial charge >= 0.3 is 17.9 Å². The summed E-state index contributed by atoms with van der Waals surface area (Å²) in [5.74, 6) is -1.67. The first-order valence-electron chi connectivity index (χ1n) is 9.06. The zero-order chi connectivity index (χ0) is 22.3. The Morgan fingerprint density at radius 3 is 0.750 bits per heavy atom. The van der Waals surface area contributed by atoms with Gasteiger partial charge in [-0.05, 0) is 37.0 Å². The SMILES string of the molecule is CC(C)CC(N)C(=O)O.CC(C)CC(N)C(=O)O.CC(C)CC(N)C(=O)O.[Co]. The molecule has 0 aromatic rings. The molecule has 0 aliphatic rings. The Bertz CT molecular complexity index is 372. The Morgan fingerprint density at radius 1 is 0.571 bits per heavy atom. The van der Waals surface area contributed by atoms with Gasteiger partial charge in [-0.15, -0.1) is 0 Å². The van der Waals surface area contributed by atoms with Gasteiger partial charge in [0.15, 0.2) is 0 Å².